The lowest BCUT2D eigenvalue weighted by atomic mass is 9.97. The van der Waals surface area contributed by atoms with Gasteiger partial charge in [0.2, 0.25) is 11.8 Å². The zero-order valence-corrected chi connectivity index (χ0v) is 36.6. The molecular weight excluding hydrogens is 778 g/mol. The van der Waals surface area contributed by atoms with Gasteiger partial charge in [-0.25, -0.2) is 4.79 Å². The number of hydrogen-bond donors (Lipinski definition) is 1. The van der Waals surface area contributed by atoms with Gasteiger partial charge in [-0.15, -0.1) is 0 Å². The van der Waals surface area contributed by atoms with Crippen LogP contribution in [0.1, 0.15) is 64.8 Å². The second-order valence-corrected chi connectivity index (χ2v) is 17.4. The molecule has 4 saturated heterocycles. The maximum atomic E-state index is 12.9. The molecular formula is C44H65F3N8O5. The summed E-state index contributed by atoms with van der Waals surface area (Å²) in [5, 5.41) is 3.63. The first kappa shape index (κ1) is 46.7. The number of carbonyl (C=O) groups is 4. The number of amides is 3. The summed E-state index contributed by atoms with van der Waals surface area (Å²) < 4.78 is 41.8. The number of likely N-dealkylation sites (N-methyl/N-ethyl adjacent to an activating group) is 2. The summed E-state index contributed by atoms with van der Waals surface area (Å²) in [5.74, 6) is -2.75. The van der Waals surface area contributed by atoms with Crippen molar-refractivity contribution in [1.29, 1.82) is 0 Å². The van der Waals surface area contributed by atoms with Crippen molar-refractivity contribution >= 4 is 35.1 Å². The van der Waals surface area contributed by atoms with E-state index in [2.05, 4.69) is 74.9 Å². The Hall–Kier alpha value is -4.41. The molecule has 1 N–H and O–H groups in total. The van der Waals surface area contributed by atoms with Gasteiger partial charge in [0, 0.05) is 114 Å². The number of carbonyl (C=O) groups excluding carboxylic acids is 4. The number of alkyl halides is 3. The Labute approximate surface area is 353 Å². The van der Waals surface area contributed by atoms with Crippen LogP contribution in [0, 0.1) is 11.8 Å². The number of nitrogens with zero attached hydrogens (tertiary/aromatic N) is 7. The van der Waals surface area contributed by atoms with Gasteiger partial charge < -0.3 is 44.4 Å². The average Bonchev–Trinajstić information content (AvgIpc) is 3.22. The molecule has 0 radical (unpaired) electrons. The van der Waals surface area contributed by atoms with Crippen LogP contribution in [-0.4, -0.2) is 166 Å². The molecule has 4 fully saturated rings. The highest BCUT2D eigenvalue weighted by Crippen LogP contribution is 2.32. The quantitative estimate of drug-likeness (QED) is 0.321. The number of halogens is 3. The second-order valence-electron chi connectivity index (χ2n) is 17.4. The summed E-state index contributed by atoms with van der Waals surface area (Å²) in [4.78, 5) is 64.8. The summed E-state index contributed by atoms with van der Waals surface area (Å²) >= 11 is 0. The van der Waals surface area contributed by atoms with Gasteiger partial charge in [-0.05, 0) is 63.3 Å². The molecule has 4 atom stereocenters. The minimum atomic E-state index is -4.73. The molecule has 4 aliphatic heterocycles. The second kappa shape index (κ2) is 20.4. The molecule has 4 heterocycles. The van der Waals surface area contributed by atoms with Crippen molar-refractivity contribution in [2.45, 2.75) is 71.9 Å². The predicted molar refractivity (Wildman–Crippen MR) is 227 cm³/mol. The van der Waals surface area contributed by atoms with Crippen molar-refractivity contribution < 1.29 is 37.1 Å². The number of hydrogen-bond acceptors (Lipinski definition) is 10. The summed E-state index contributed by atoms with van der Waals surface area (Å²) in [5.41, 5.74) is 4.23. The van der Waals surface area contributed by atoms with Gasteiger partial charge in [-0.2, -0.15) is 13.2 Å². The number of ether oxygens (including phenoxy) is 1. The van der Waals surface area contributed by atoms with E-state index in [1.165, 1.54) is 16.2 Å². The van der Waals surface area contributed by atoms with Gasteiger partial charge in [-0.1, -0.05) is 52.0 Å². The van der Waals surface area contributed by atoms with Crippen LogP contribution in [0.5, 0.6) is 0 Å². The molecule has 0 aliphatic carbocycles. The molecule has 60 heavy (non-hydrogen) atoms. The zero-order chi connectivity index (χ0) is 43.9. The summed E-state index contributed by atoms with van der Waals surface area (Å²) in [7, 11) is 4.24. The molecule has 2 aromatic rings. The SMILES string of the molecule is CC(C)C(=O)N1C[C@H](c2cccc(N3CCN(C)CC3)c2)N(C(=O)C(=O)OCC(F)(F)F)C[C@H]1C.CC(C)C(=O)N1C[C@H](c2cccc(N3CCN(C)CC3)c2)NC[C@H]1C. The van der Waals surface area contributed by atoms with E-state index in [-0.39, 0.29) is 48.8 Å². The molecule has 0 saturated carbocycles. The fraction of sp³-hybridized carbons (Fsp3) is 0.636. The van der Waals surface area contributed by atoms with E-state index in [9.17, 15) is 32.3 Å². The van der Waals surface area contributed by atoms with Crippen LogP contribution in [0.4, 0.5) is 24.5 Å². The molecule has 13 nitrogen and oxygen atoms in total. The highest BCUT2D eigenvalue weighted by molar-refractivity contribution is 6.32. The minimum absolute atomic E-state index is 0.00180. The van der Waals surface area contributed by atoms with E-state index in [1.54, 1.807) is 31.7 Å². The van der Waals surface area contributed by atoms with Crippen LogP contribution < -0.4 is 15.1 Å². The zero-order valence-electron chi connectivity index (χ0n) is 36.6. The Balaban J connectivity index is 0.000000240. The molecule has 0 bridgehead atoms. The fourth-order valence-electron chi connectivity index (χ4n) is 8.17. The highest BCUT2D eigenvalue weighted by atomic mass is 19.4. The lowest BCUT2D eigenvalue weighted by Gasteiger charge is -2.45. The smallest absolute Gasteiger partial charge is 0.422 e. The van der Waals surface area contributed by atoms with E-state index >= 15 is 0 Å². The number of piperazine rings is 4. The number of rotatable bonds is 7. The van der Waals surface area contributed by atoms with Crippen LogP contribution in [-0.2, 0) is 23.9 Å². The topological polar surface area (TPSA) is 112 Å². The Morgan fingerprint density at radius 2 is 1.17 bits per heavy atom. The van der Waals surface area contributed by atoms with Gasteiger partial charge in [0.1, 0.15) is 0 Å². The third-order valence-corrected chi connectivity index (χ3v) is 11.9. The molecule has 4 aliphatic rings. The number of esters is 1. The van der Waals surface area contributed by atoms with E-state index in [1.807, 2.05) is 36.9 Å². The molecule has 0 spiro atoms. The molecule has 3 amide bonds. The van der Waals surface area contributed by atoms with Crippen molar-refractivity contribution in [3.63, 3.8) is 0 Å². The number of benzene rings is 2. The van der Waals surface area contributed by atoms with Crippen LogP contribution in [0.2, 0.25) is 0 Å². The van der Waals surface area contributed by atoms with Gasteiger partial charge in [0.05, 0.1) is 12.1 Å². The first-order valence-electron chi connectivity index (χ1n) is 21.3. The van der Waals surface area contributed by atoms with E-state index in [0.717, 1.165) is 71.1 Å². The maximum absolute atomic E-state index is 12.9. The third-order valence-electron chi connectivity index (χ3n) is 11.9. The average molecular weight is 843 g/mol. The van der Waals surface area contributed by atoms with Crippen molar-refractivity contribution in [1.82, 2.24) is 29.8 Å². The largest absolute Gasteiger partial charge is 0.449 e. The number of nitrogens with one attached hydrogen (secondary N) is 1. The van der Waals surface area contributed by atoms with E-state index in [4.69, 9.17) is 0 Å². The fourth-order valence-corrected chi connectivity index (χ4v) is 8.17. The summed E-state index contributed by atoms with van der Waals surface area (Å²) in [6.45, 7) is 19.1. The maximum Gasteiger partial charge on any atom is 0.422 e. The predicted octanol–water partition coefficient (Wildman–Crippen LogP) is 4.26. The van der Waals surface area contributed by atoms with Crippen molar-refractivity contribution in [2.24, 2.45) is 11.8 Å². The summed E-state index contributed by atoms with van der Waals surface area (Å²) in [6, 6.07) is 15.7. The first-order chi connectivity index (χ1) is 28.3. The van der Waals surface area contributed by atoms with E-state index in [0.29, 0.717) is 5.56 Å². The Morgan fingerprint density at radius 1 is 0.683 bits per heavy atom. The van der Waals surface area contributed by atoms with Gasteiger partial charge in [0.25, 0.3) is 0 Å². The van der Waals surface area contributed by atoms with Gasteiger partial charge >= 0.3 is 18.1 Å². The monoisotopic (exact) mass is 843 g/mol. The van der Waals surface area contributed by atoms with Crippen LogP contribution in [0.3, 0.4) is 0 Å². The Kier molecular flexibility index (Phi) is 15.9. The third kappa shape index (κ3) is 12.1. The van der Waals surface area contributed by atoms with Crippen molar-refractivity contribution in [3.05, 3.63) is 59.7 Å². The van der Waals surface area contributed by atoms with E-state index < -0.39 is 36.7 Å². The minimum Gasteiger partial charge on any atom is -0.449 e. The van der Waals surface area contributed by atoms with Crippen LogP contribution >= 0.6 is 0 Å². The molecule has 0 aromatic heterocycles. The summed E-state index contributed by atoms with van der Waals surface area (Å²) in [6.07, 6.45) is -4.73. The lowest BCUT2D eigenvalue weighted by molar-refractivity contribution is -0.190. The van der Waals surface area contributed by atoms with Gasteiger partial charge in [0.15, 0.2) is 6.61 Å². The highest BCUT2D eigenvalue weighted by Gasteiger charge is 2.42. The molecule has 6 rings (SSSR count). The molecule has 16 heteroatoms. The van der Waals surface area contributed by atoms with Gasteiger partial charge in [-0.3, -0.25) is 14.4 Å². The standard InChI is InChI=1S/C24H33F3N4O4.C20H32N4O/c1-16(2)21(32)30-14-20(18-6-5-7-19(12-18)29-10-8-28(4)9-11-29)31(13-17(30)3)22(33)23(34)35-15-24(25,26)27;1-15(2)20(25)24-14-19(21-13-16(24)3)17-6-5-7-18(12-17)23-10-8-22(4)9-11-23/h5-7,12,16-17,20H,8-11,13-15H2,1-4H3;5-7,12,15-16,19,21H,8-11,13-14H2,1-4H3/t17-,20-;16-,19-/m11/s1. The first-order valence-corrected chi connectivity index (χ1v) is 21.3. The van der Waals surface area contributed by atoms with Crippen LogP contribution in [0.25, 0.3) is 0 Å². The van der Waals surface area contributed by atoms with Crippen LogP contribution in [0.15, 0.2) is 48.5 Å². The molecule has 2 aromatic carbocycles. The van der Waals surface area contributed by atoms with Crippen molar-refractivity contribution in [2.75, 3.05) is 109 Å². The lowest BCUT2D eigenvalue weighted by Crippen LogP contribution is -2.58. The Bertz CT molecular complexity index is 1780. The molecule has 332 valence electrons. The number of anilines is 2. The van der Waals surface area contributed by atoms with Crippen molar-refractivity contribution in [3.8, 4) is 0 Å². The Morgan fingerprint density at radius 3 is 1.67 bits per heavy atom. The normalized spacial score (nSPS) is 23.4. The molecule has 0 unspecified atom stereocenters.